The van der Waals surface area contributed by atoms with Crippen LogP contribution in [-0.2, 0) is 6.42 Å². The smallest absolute Gasteiger partial charge is 0.123 e. The van der Waals surface area contributed by atoms with Crippen molar-refractivity contribution in [3.8, 4) is 0 Å². The van der Waals surface area contributed by atoms with Crippen LogP contribution >= 0.6 is 22.9 Å². The van der Waals surface area contributed by atoms with Crippen LogP contribution in [0.3, 0.4) is 0 Å². The highest BCUT2D eigenvalue weighted by atomic mass is 127. The summed E-state index contributed by atoms with van der Waals surface area (Å²) < 4.78 is 15.5. The quantitative estimate of drug-likeness (QED) is 0.507. The minimum absolute atomic E-state index is 0.161. The van der Waals surface area contributed by atoms with Crippen molar-refractivity contribution in [1.29, 1.82) is 0 Å². The Hall–Kier alpha value is -0.160. The molecule has 1 aromatic rings. The van der Waals surface area contributed by atoms with Gasteiger partial charge in [-0.3, -0.25) is 3.53 Å². The molecule has 0 atom stereocenters. The van der Waals surface area contributed by atoms with Crippen LogP contribution in [0.15, 0.2) is 24.3 Å². The lowest BCUT2D eigenvalue weighted by Gasteiger charge is -1.99. The molecule has 0 aliphatic carbocycles. The Morgan fingerprint density at radius 3 is 2.50 bits per heavy atom. The number of halogens is 2. The highest BCUT2D eigenvalue weighted by Crippen LogP contribution is 2.04. The molecule has 0 unspecified atom stereocenters. The summed E-state index contributed by atoms with van der Waals surface area (Å²) in [7, 11) is 0. The first-order chi connectivity index (χ1) is 5.83. The Bertz CT molecular complexity index is 222. The number of rotatable bonds is 4. The Balaban J connectivity index is 2.37. The van der Waals surface area contributed by atoms with Gasteiger partial charge in [-0.05, 0) is 30.5 Å². The molecule has 0 heterocycles. The summed E-state index contributed by atoms with van der Waals surface area (Å²) in [6.45, 7) is 0.998. The standard InChI is InChI=1S/C9H11FIN/c10-9-5-3-8(4-6-9)2-1-7-12-11/h3-6,12H,1-2,7H2. The van der Waals surface area contributed by atoms with Crippen LogP contribution in [0.5, 0.6) is 0 Å². The van der Waals surface area contributed by atoms with Crippen LogP contribution in [-0.4, -0.2) is 6.54 Å². The van der Waals surface area contributed by atoms with Crippen LogP contribution < -0.4 is 3.53 Å². The monoisotopic (exact) mass is 279 g/mol. The van der Waals surface area contributed by atoms with E-state index in [2.05, 4.69) is 26.4 Å². The molecule has 1 aromatic carbocycles. The second kappa shape index (κ2) is 5.48. The van der Waals surface area contributed by atoms with Crippen molar-refractivity contribution < 1.29 is 4.39 Å². The third-order valence-corrected chi connectivity index (χ3v) is 2.19. The van der Waals surface area contributed by atoms with E-state index in [0.717, 1.165) is 19.4 Å². The number of nitrogens with one attached hydrogen (secondary N) is 1. The Morgan fingerprint density at radius 1 is 1.25 bits per heavy atom. The van der Waals surface area contributed by atoms with Gasteiger partial charge in [0.2, 0.25) is 0 Å². The van der Waals surface area contributed by atoms with Crippen molar-refractivity contribution in [2.75, 3.05) is 6.54 Å². The maximum Gasteiger partial charge on any atom is 0.123 e. The van der Waals surface area contributed by atoms with Crippen molar-refractivity contribution in [3.05, 3.63) is 35.6 Å². The van der Waals surface area contributed by atoms with Gasteiger partial charge in [0.15, 0.2) is 0 Å². The molecule has 0 fully saturated rings. The molecule has 66 valence electrons. The molecular weight excluding hydrogens is 268 g/mol. The molecule has 1 nitrogen and oxygen atoms in total. The van der Waals surface area contributed by atoms with E-state index < -0.39 is 0 Å². The molecule has 0 aromatic heterocycles. The van der Waals surface area contributed by atoms with E-state index in [4.69, 9.17) is 0 Å². The highest BCUT2D eigenvalue weighted by molar-refractivity contribution is 14.1. The van der Waals surface area contributed by atoms with Gasteiger partial charge in [-0.1, -0.05) is 12.1 Å². The van der Waals surface area contributed by atoms with E-state index in [9.17, 15) is 4.39 Å². The van der Waals surface area contributed by atoms with E-state index in [-0.39, 0.29) is 5.82 Å². The van der Waals surface area contributed by atoms with Gasteiger partial charge in [-0.15, -0.1) is 0 Å². The second-order valence-corrected chi connectivity index (χ2v) is 3.38. The van der Waals surface area contributed by atoms with Crippen molar-refractivity contribution in [2.45, 2.75) is 12.8 Å². The van der Waals surface area contributed by atoms with Crippen LogP contribution in [0, 0.1) is 5.82 Å². The summed E-state index contributed by atoms with van der Waals surface area (Å²) in [5.74, 6) is -0.161. The minimum atomic E-state index is -0.161. The molecule has 0 bridgehead atoms. The zero-order valence-corrected chi connectivity index (χ0v) is 8.84. The molecule has 0 amide bonds. The number of benzene rings is 1. The van der Waals surface area contributed by atoms with Gasteiger partial charge in [0.05, 0.1) is 0 Å². The van der Waals surface area contributed by atoms with Crippen molar-refractivity contribution in [2.24, 2.45) is 0 Å². The molecule has 0 spiro atoms. The third-order valence-electron chi connectivity index (χ3n) is 1.65. The lowest BCUT2D eigenvalue weighted by Crippen LogP contribution is -2.01. The molecule has 0 radical (unpaired) electrons. The molecule has 0 saturated heterocycles. The summed E-state index contributed by atoms with van der Waals surface area (Å²) >= 11 is 2.13. The summed E-state index contributed by atoms with van der Waals surface area (Å²) in [6.07, 6.45) is 2.10. The van der Waals surface area contributed by atoms with Gasteiger partial charge in [-0.25, -0.2) is 4.39 Å². The van der Waals surface area contributed by atoms with E-state index in [1.54, 1.807) is 0 Å². The summed E-state index contributed by atoms with van der Waals surface area (Å²) in [5, 5.41) is 0. The van der Waals surface area contributed by atoms with Crippen LogP contribution in [0.1, 0.15) is 12.0 Å². The zero-order valence-electron chi connectivity index (χ0n) is 6.69. The second-order valence-electron chi connectivity index (χ2n) is 2.61. The molecule has 1 N–H and O–H groups in total. The van der Waals surface area contributed by atoms with Crippen LogP contribution in [0.2, 0.25) is 0 Å². The molecule has 1 rings (SSSR count). The van der Waals surface area contributed by atoms with Crippen LogP contribution in [0.25, 0.3) is 0 Å². The van der Waals surface area contributed by atoms with Gasteiger partial charge < -0.3 is 0 Å². The summed E-state index contributed by atoms with van der Waals surface area (Å²) in [5.41, 5.74) is 1.20. The van der Waals surface area contributed by atoms with Crippen molar-refractivity contribution >= 4 is 22.9 Å². The molecule has 0 saturated carbocycles. The summed E-state index contributed by atoms with van der Waals surface area (Å²) in [6, 6.07) is 6.69. The fourth-order valence-electron chi connectivity index (χ4n) is 1.01. The first-order valence-electron chi connectivity index (χ1n) is 3.91. The van der Waals surface area contributed by atoms with E-state index in [1.807, 2.05) is 12.1 Å². The van der Waals surface area contributed by atoms with Crippen molar-refractivity contribution in [3.63, 3.8) is 0 Å². The van der Waals surface area contributed by atoms with E-state index in [0.29, 0.717) is 0 Å². The molecule has 3 heteroatoms. The maximum absolute atomic E-state index is 12.5. The zero-order chi connectivity index (χ0) is 8.81. The van der Waals surface area contributed by atoms with E-state index in [1.165, 1.54) is 17.7 Å². The minimum Gasteiger partial charge on any atom is -0.261 e. The van der Waals surface area contributed by atoms with Crippen LogP contribution in [0.4, 0.5) is 4.39 Å². The topological polar surface area (TPSA) is 12.0 Å². The van der Waals surface area contributed by atoms with E-state index >= 15 is 0 Å². The largest absolute Gasteiger partial charge is 0.261 e. The highest BCUT2D eigenvalue weighted by Gasteiger charge is 1.92. The Labute approximate surface area is 85.9 Å². The van der Waals surface area contributed by atoms with Gasteiger partial charge >= 0.3 is 0 Å². The third kappa shape index (κ3) is 3.49. The van der Waals surface area contributed by atoms with Gasteiger partial charge in [0, 0.05) is 29.4 Å². The predicted octanol–water partition coefficient (Wildman–Crippen LogP) is 2.70. The Morgan fingerprint density at radius 2 is 1.92 bits per heavy atom. The molecule has 0 aliphatic heterocycles. The van der Waals surface area contributed by atoms with Gasteiger partial charge in [0.1, 0.15) is 5.82 Å². The van der Waals surface area contributed by atoms with Gasteiger partial charge in [0.25, 0.3) is 0 Å². The first-order valence-corrected chi connectivity index (χ1v) is 4.99. The number of aryl methyl sites for hydroxylation is 1. The molecular formula is C9H11FIN. The lowest BCUT2D eigenvalue weighted by molar-refractivity contribution is 0.626. The normalized spacial score (nSPS) is 10.2. The Kier molecular flexibility index (Phi) is 4.53. The predicted molar refractivity (Wildman–Crippen MR) is 56.7 cm³/mol. The first kappa shape index (κ1) is 9.92. The average molecular weight is 279 g/mol. The average Bonchev–Trinajstić information content (AvgIpc) is 2.09. The van der Waals surface area contributed by atoms with Crippen molar-refractivity contribution in [1.82, 2.24) is 3.53 Å². The fourth-order valence-corrected chi connectivity index (χ4v) is 1.39. The van der Waals surface area contributed by atoms with Gasteiger partial charge in [-0.2, -0.15) is 0 Å². The molecule has 12 heavy (non-hydrogen) atoms. The summed E-state index contributed by atoms with van der Waals surface area (Å²) in [4.78, 5) is 0. The molecule has 0 aliphatic rings. The lowest BCUT2D eigenvalue weighted by atomic mass is 10.1. The number of hydrogen-bond acceptors (Lipinski definition) is 1. The maximum atomic E-state index is 12.5. The fraction of sp³-hybridized carbons (Fsp3) is 0.333. The number of hydrogen-bond donors (Lipinski definition) is 1. The SMILES string of the molecule is Fc1ccc(CCCNI)cc1.